The molecule has 9 nitrogen and oxygen atoms in total. The van der Waals surface area contributed by atoms with Gasteiger partial charge in [-0.15, -0.1) is 0 Å². The molecule has 1 saturated heterocycles. The van der Waals surface area contributed by atoms with Crippen molar-refractivity contribution >= 4 is 30.0 Å². The van der Waals surface area contributed by atoms with Crippen molar-refractivity contribution in [3.8, 4) is 11.3 Å². The van der Waals surface area contributed by atoms with Gasteiger partial charge in [0.1, 0.15) is 17.5 Å². The number of halogens is 4. The largest absolute Gasteiger partial charge is 0.416 e. The van der Waals surface area contributed by atoms with Crippen LogP contribution < -0.4 is 5.32 Å². The van der Waals surface area contributed by atoms with Crippen molar-refractivity contribution in [1.82, 2.24) is 19.4 Å². The van der Waals surface area contributed by atoms with Gasteiger partial charge in [-0.25, -0.2) is 14.4 Å². The van der Waals surface area contributed by atoms with Gasteiger partial charge >= 0.3 is 6.18 Å². The van der Waals surface area contributed by atoms with Gasteiger partial charge in [0.15, 0.2) is 0 Å². The first kappa shape index (κ1) is 30.3. The monoisotopic (exact) mass is 584 g/mol. The number of hydrogen-bond acceptors (Lipinski definition) is 6. The molecule has 1 fully saturated rings. The summed E-state index contributed by atoms with van der Waals surface area (Å²) < 4.78 is 61.7. The maximum atomic E-state index is 15.5. The SMILES string of the molecule is C=CC(=O)N1CC[C@@H](c2nc(-c3ccc(C(=O)Nc4cc(C(F)(F)F)ccn4)cc3F)c(C)n2/C(=C\N=C)COC)C1. The second-order valence-electron chi connectivity index (χ2n) is 9.53. The molecule has 1 aliphatic heterocycles. The number of aromatic nitrogens is 3. The highest BCUT2D eigenvalue weighted by Crippen LogP contribution is 2.35. The van der Waals surface area contributed by atoms with Crippen LogP contribution in [0.25, 0.3) is 17.0 Å². The number of imidazole rings is 1. The maximum absolute atomic E-state index is 15.5. The van der Waals surface area contributed by atoms with Gasteiger partial charge < -0.3 is 15.0 Å². The predicted molar refractivity (Wildman–Crippen MR) is 149 cm³/mol. The Bertz CT molecular complexity index is 1560. The summed E-state index contributed by atoms with van der Waals surface area (Å²) in [5.41, 5.74) is 0.448. The van der Waals surface area contributed by atoms with Gasteiger partial charge in [0.05, 0.1) is 23.6 Å². The van der Waals surface area contributed by atoms with Crippen molar-refractivity contribution in [3.05, 3.63) is 83.8 Å². The molecule has 0 radical (unpaired) electrons. The van der Waals surface area contributed by atoms with Crippen LogP contribution >= 0.6 is 0 Å². The number of hydrogen-bond donors (Lipinski definition) is 1. The first-order chi connectivity index (χ1) is 20.0. The van der Waals surface area contributed by atoms with Crippen LogP contribution in [-0.2, 0) is 15.7 Å². The molecular formula is C29H28F4N6O3. The number of benzene rings is 1. The van der Waals surface area contributed by atoms with E-state index in [1.54, 1.807) is 16.4 Å². The van der Waals surface area contributed by atoms with Crippen LogP contribution in [0.4, 0.5) is 23.4 Å². The molecule has 42 heavy (non-hydrogen) atoms. The summed E-state index contributed by atoms with van der Waals surface area (Å²) in [5, 5.41) is 2.27. The van der Waals surface area contributed by atoms with Gasteiger partial charge in [-0.3, -0.25) is 19.1 Å². The van der Waals surface area contributed by atoms with Crippen LogP contribution in [-0.4, -0.2) is 64.8 Å². The van der Waals surface area contributed by atoms with Crippen molar-refractivity contribution in [2.75, 3.05) is 32.1 Å². The van der Waals surface area contributed by atoms with E-state index < -0.39 is 23.5 Å². The molecule has 2 amide bonds. The van der Waals surface area contributed by atoms with Gasteiger partial charge in [-0.05, 0) is 56.5 Å². The van der Waals surface area contributed by atoms with E-state index in [0.717, 1.165) is 18.3 Å². The van der Waals surface area contributed by atoms with Crippen LogP contribution in [0.15, 0.2) is 60.4 Å². The van der Waals surface area contributed by atoms with Crippen LogP contribution in [0.1, 0.15) is 39.8 Å². The Kier molecular flexibility index (Phi) is 9.00. The summed E-state index contributed by atoms with van der Waals surface area (Å²) in [6.07, 6.45) is -0.321. The zero-order valence-electron chi connectivity index (χ0n) is 22.9. The van der Waals surface area contributed by atoms with Crippen LogP contribution in [0, 0.1) is 12.7 Å². The first-order valence-corrected chi connectivity index (χ1v) is 12.8. The predicted octanol–water partition coefficient (Wildman–Crippen LogP) is 5.31. The molecule has 0 saturated carbocycles. The minimum Gasteiger partial charge on any atom is -0.378 e. The molecule has 1 N–H and O–H groups in total. The van der Waals surface area contributed by atoms with E-state index in [-0.39, 0.29) is 35.4 Å². The molecule has 0 aliphatic carbocycles. The summed E-state index contributed by atoms with van der Waals surface area (Å²) >= 11 is 0. The average Bonchev–Trinajstić information content (AvgIpc) is 3.57. The van der Waals surface area contributed by atoms with E-state index in [9.17, 15) is 22.8 Å². The maximum Gasteiger partial charge on any atom is 0.416 e. The van der Waals surface area contributed by atoms with E-state index in [1.807, 2.05) is 0 Å². The number of nitrogens with one attached hydrogen (secondary N) is 1. The number of methoxy groups -OCH3 is 1. The molecule has 1 aromatic carbocycles. The standard InChI is InChI=1S/C29H28F4N6O3/c1-5-25(40)38-11-9-19(15-38)27-37-26(17(2)39(27)21(14-34-3)16-42-4)22-7-6-18(12-23(22)30)28(41)36-24-13-20(8-10-35-24)29(31,32)33/h5-8,10,12-14,19H,1,3,9,11,15-16H2,2,4H3,(H,35,36,41)/b21-14-/t19-/m1/s1. The van der Waals surface area contributed by atoms with E-state index in [4.69, 9.17) is 9.72 Å². The molecule has 0 bridgehead atoms. The van der Waals surface area contributed by atoms with Gasteiger partial charge in [-0.1, -0.05) is 6.58 Å². The Morgan fingerprint density at radius 1 is 1.26 bits per heavy atom. The van der Waals surface area contributed by atoms with Crippen molar-refractivity contribution in [2.24, 2.45) is 4.99 Å². The number of ether oxygens (including phenoxy) is 1. The van der Waals surface area contributed by atoms with Crippen molar-refractivity contribution < 1.29 is 31.9 Å². The molecule has 0 unspecified atom stereocenters. The highest BCUT2D eigenvalue weighted by molar-refractivity contribution is 6.04. The Morgan fingerprint density at radius 2 is 2.02 bits per heavy atom. The summed E-state index contributed by atoms with van der Waals surface area (Å²) in [4.78, 5) is 39.0. The van der Waals surface area contributed by atoms with E-state index in [1.165, 1.54) is 31.5 Å². The smallest absolute Gasteiger partial charge is 0.378 e. The molecule has 1 aliphatic rings. The van der Waals surface area contributed by atoms with E-state index in [0.29, 0.717) is 48.5 Å². The summed E-state index contributed by atoms with van der Waals surface area (Å²) in [6.45, 7) is 9.85. The van der Waals surface area contributed by atoms with Crippen LogP contribution in [0.2, 0.25) is 0 Å². The van der Waals surface area contributed by atoms with Crippen molar-refractivity contribution in [3.63, 3.8) is 0 Å². The van der Waals surface area contributed by atoms with Gasteiger partial charge in [-0.2, -0.15) is 13.2 Å². The molecular weight excluding hydrogens is 556 g/mol. The number of alkyl halides is 3. The van der Waals surface area contributed by atoms with E-state index in [2.05, 4.69) is 28.6 Å². The number of carbonyl (C=O) groups excluding carboxylic acids is 2. The Hall–Kier alpha value is -4.65. The first-order valence-electron chi connectivity index (χ1n) is 12.8. The molecule has 4 rings (SSSR count). The van der Waals surface area contributed by atoms with Crippen LogP contribution in [0.5, 0.6) is 0 Å². The molecule has 220 valence electrons. The number of nitrogens with zero attached hydrogens (tertiary/aromatic N) is 5. The Labute approximate surface area is 239 Å². The number of amides is 2. The summed E-state index contributed by atoms with van der Waals surface area (Å²) in [6, 6.07) is 5.17. The third-order valence-electron chi connectivity index (χ3n) is 6.81. The van der Waals surface area contributed by atoms with Crippen molar-refractivity contribution in [2.45, 2.75) is 25.4 Å². The normalized spacial score (nSPS) is 15.5. The lowest BCUT2D eigenvalue weighted by Gasteiger charge is -2.17. The zero-order valence-corrected chi connectivity index (χ0v) is 22.9. The van der Waals surface area contributed by atoms with Gasteiger partial charge in [0, 0.05) is 55.3 Å². The Morgan fingerprint density at radius 3 is 2.67 bits per heavy atom. The third kappa shape index (κ3) is 6.30. The topological polar surface area (TPSA) is 102 Å². The Balaban J connectivity index is 1.70. The third-order valence-corrected chi connectivity index (χ3v) is 6.81. The second-order valence-corrected chi connectivity index (χ2v) is 9.53. The quantitative estimate of drug-likeness (QED) is 0.209. The van der Waals surface area contributed by atoms with E-state index >= 15 is 4.39 Å². The molecule has 3 heterocycles. The van der Waals surface area contributed by atoms with Gasteiger partial charge in [0.25, 0.3) is 5.91 Å². The number of pyridine rings is 1. The second kappa shape index (κ2) is 12.5. The lowest BCUT2D eigenvalue weighted by molar-refractivity contribution is -0.137. The van der Waals surface area contributed by atoms with Gasteiger partial charge in [0.2, 0.25) is 5.91 Å². The number of aliphatic imine (C=N–C) groups is 1. The minimum absolute atomic E-state index is 0.0987. The highest BCUT2D eigenvalue weighted by atomic mass is 19.4. The fraction of sp³-hybridized carbons (Fsp3) is 0.276. The van der Waals surface area contributed by atoms with Crippen LogP contribution in [0.3, 0.4) is 0 Å². The highest BCUT2D eigenvalue weighted by Gasteiger charge is 2.33. The number of carbonyl (C=O) groups is 2. The minimum atomic E-state index is -4.62. The summed E-state index contributed by atoms with van der Waals surface area (Å²) in [7, 11) is 1.52. The lowest BCUT2D eigenvalue weighted by atomic mass is 10.1. The number of anilines is 1. The van der Waals surface area contributed by atoms with Crippen molar-refractivity contribution in [1.29, 1.82) is 0 Å². The fourth-order valence-corrected chi connectivity index (χ4v) is 4.84. The fourth-order valence-electron chi connectivity index (χ4n) is 4.84. The molecule has 1 atom stereocenters. The molecule has 2 aromatic heterocycles. The molecule has 3 aromatic rings. The number of rotatable bonds is 9. The average molecular weight is 585 g/mol. The lowest BCUT2D eigenvalue weighted by Crippen LogP contribution is -2.26. The number of likely N-dealkylation sites (tertiary alicyclic amines) is 1. The summed E-state index contributed by atoms with van der Waals surface area (Å²) in [5.74, 6) is -1.74. The molecule has 13 heteroatoms. The zero-order chi connectivity index (χ0) is 30.6. The molecule has 0 spiro atoms.